The molecule has 2 aliphatic heterocycles. The van der Waals surface area contributed by atoms with Crippen molar-refractivity contribution in [1.82, 2.24) is 14.7 Å². The zero-order chi connectivity index (χ0) is 15.2. The first-order valence-electron chi connectivity index (χ1n) is 8.55. The molecule has 1 N–H and O–H groups in total. The number of piperidine rings is 1. The number of carbonyl (C=O) groups excluding carboxylic acids is 1. The molecule has 5 nitrogen and oxygen atoms in total. The third-order valence-corrected chi connectivity index (χ3v) is 5.12. The predicted molar refractivity (Wildman–Crippen MR) is 84.2 cm³/mol. The highest BCUT2D eigenvalue weighted by molar-refractivity contribution is 5.81. The summed E-state index contributed by atoms with van der Waals surface area (Å²) >= 11 is 0. The van der Waals surface area contributed by atoms with Crippen molar-refractivity contribution in [3.8, 4) is 0 Å². The van der Waals surface area contributed by atoms with Gasteiger partial charge in [-0.3, -0.25) is 14.6 Å². The van der Waals surface area contributed by atoms with Gasteiger partial charge in [0.1, 0.15) is 0 Å². The van der Waals surface area contributed by atoms with Crippen LogP contribution in [0.4, 0.5) is 0 Å². The minimum Gasteiger partial charge on any atom is -0.395 e. The van der Waals surface area contributed by atoms with E-state index in [9.17, 15) is 9.90 Å². The first-order chi connectivity index (χ1) is 10.2. The molecule has 0 aromatic rings. The highest BCUT2D eigenvalue weighted by Gasteiger charge is 2.30. The molecule has 21 heavy (non-hydrogen) atoms. The number of aliphatic hydroxyl groups is 1. The second kappa shape index (κ2) is 8.11. The maximum Gasteiger partial charge on any atom is 0.239 e. The van der Waals surface area contributed by atoms with Crippen LogP contribution in [0.15, 0.2) is 0 Å². The number of carbonyl (C=O) groups is 1. The lowest BCUT2D eigenvalue weighted by Gasteiger charge is -2.41. The molecular weight excluding hydrogens is 266 g/mol. The van der Waals surface area contributed by atoms with Gasteiger partial charge >= 0.3 is 0 Å². The van der Waals surface area contributed by atoms with Crippen LogP contribution in [0.3, 0.4) is 0 Å². The number of hydrogen-bond donors (Lipinski definition) is 1. The van der Waals surface area contributed by atoms with Gasteiger partial charge in [-0.25, -0.2) is 0 Å². The fourth-order valence-electron chi connectivity index (χ4n) is 3.53. The number of amides is 1. The minimum absolute atomic E-state index is 0.000506. The third kappa shape index (κ3) is 4.18. The summed E-state index contributed by atoms with van der Waals surface area (Å²) in [5, 5.41) is 9.40. The molecule has 5 heteroatoms. The second-order valence-electron chi connectivity index (χ2n) is 6.38. The van der Waals surface area contributed by atoms with E-state index < -0.39 is 0 Å². The Bertz CT molecular complexity index is 319. The maximum absolute atomic E-state index is 12.6. The van der Waals surface area contributed by atoms with Gasteiger partial charge in [0.05, 0.1) is 12.6 Å². The van der Waals surface area contributed by atoms with Crippen molar-refractivity contribution in [1.29, 1.82) is 0 Å². The quantitative estimate of drug-likeness (QED) is 0.814. The van der Waals surface area contributed by atoms with Crippen LogP contribution in [0, 0.1) is 0 Å². The number of rotatable bonds is 5. The average Bonchev–Trinajstić information content (AvgIpc) is 2.56. The monoisotopic (exact) mass is 297 g/mol. The van der Waals surface area contributed by atoms with E-state index in [2.05, 4.69) is 23.6 Å². The highest BCUT2D eigenvalue weighted by atomic mass is 16.3. The van der Waals surface area contributed by atoms with Gasteiger partial charge in [0.25, 0.3) is 0 Å². The van der Waals surface area contributed by atoms with Crippen LogP contribution in [0.1, 0.15) is 39.5 Å². The highest BCUT2D eigenvalue weighted by Crippen LogP contribution is 2.15. The van der Waals surface area contributed by atoms with E-state index in [-0.39, 0.29) is 18.7 Å². The van der Waals surface area contributed by atoms with E-state index in [4.69, 9.17) is 0 Å². The van der Waals surface area contributed by atoms with Crippen molar-refractivity contribution in [2.24, 2.45) is 0 Å². The van der Waals surface area contributed by atoms with Gasteiger partial charge in [-0.15, -0.1) is 0 Å². The van der Waals surface area contributed by atoms with Gasteiger partial charge in [0.15, 0.2) is 0 Å². The molecule has 0 aromatic carbocycles. The van der Waals surface area contributed by atoms with Crippen LogP contribution in [0.25, 0.3) is 0 Å². The Morgan fingerprint density at radius 3 is 2.10 bits per heavy atom. The Labute approximate surface area is 128 Å². The lowest BCUT2D eigenvalue weighted by molar-refractivity contribution is -0.138. The summed E-state index contributed by atoms with van der Waals surface area (Å²) in [7, 11) is 0. The van der Waals surface area contributed by atoms with E-state index >= 15 is 0 Å². The first kappa shape index (κ1) is 16.7. The van der Waals surface area contributed by atoms with Crippen molar-refractivity contribution in [2.75, 3.05) is 45.9 Å². The topological polar surface area (TPSA) is 47.0 Å². The molecule has 2 atom stereocenters. The van der Waals surface area contributed by atoms with E-state index in [1.807, 2.05) is 4.90 Å². The summed E-state index contributed by atoms with van der Waals surface area (Å²) in [6.45, 7) is 10.0. The largest absolute Gasteiger partial charge is 0.395 e. The maximum atomic E-state index is 12.6. The Balaban J connectivity index is 1.82. The van der Waals surface area contributed by atoms with Crippen LogP contribution in [0.2, 0.25) is 0 Å². The summed E-state index contributed by atoms with van der Waals surface area (Å²) in [6, 6.07) is 0.278. The molecule has 2 fully saturated rings. The first-order valence-corrected chi connectivity index (χ1v) is 8.55. The summed E-state index contributed by atoms with van der Waals surface area (Å²) in [5.41, 5.74) is 0. The van der Waals surface area contributed by atoms with Crippen LogP contribution >= 0.6 is 0 Å². The number of nitrogens with zero attached hydrogens (tertiary/aromatic N) is 3. The average molecular weight is 297 g/mol. The summed E-state index contributed by atoms with van der Waals surface area (Å²) in [6.07, 6.45) is 4.55. The van der Waals surface area contributed by atoms with E-state index in [0.29, 0.717) is 5.91 Å². The van der Waals surface area contributed by atoms with Crippen molar-refractivity contribution < 1.29 is 9.90 Å². The molecule has 2 heterocycles. The molecule has 0 aromatic heterocycles. The Morgan fingerprint density at radius 1 is 1.00 bits per heavy atom. The van der Waals surface area contributed by atoms with Crippen LogP contribution in [-0.2, 0) is 4.79 Å². The zero-order valence-corrected chi connectivity index (χ0v) is 13.6. The zero-order valence-electron chi connectivity index (χ0n) is 13.6. The molecule has 2 rings (SSSR count). The fraction of sp³-hybridized carbons (Fsp3) is 0.938. The molecule has 2 unspecified atom stereocenters. The molecule has 0 aliphatic carbocycles. The molecule has 2 aliphatic rings. The Kier molecular flexibility index (Phi) is 6.45. The lowest BCUT2D eigenvalue weighted by Crippen LogP contribution is -2.57. The predicted octanol–water partition coefficient (Wildman–Crippen LogP) is 0.776. The van der Waals surface area contributed by atoms with E-state index in [0.717, 1.165) is 58.5 Å². The fourth-order valence-corrected chi connectivity index (χ4v) is 3.53. The van der Waals surface area contributed by atoms with E-state index in [1.165, 1.54) is 6.42 Å². The van der Waals surface area contributed by atoms with Gasteiger partial charge < -0.3 is 10.0 Å². The molecule has 2 saturated heterocycles. The summed E-state index contributed by atoms with van der Waals surface area (Å²) in [5.74, 6) is 0.303. The second-order valence-corrected chi connectivity index (χ2v) is 6.38. The van der Waals surface area contributed by atoms with Gasteiger partial charge in [-0.1, -0.05) is 6.92 Å². The van der Waals surface area contributed by atoms with Crippen LogP contribution in [-0.4, -0.2) is 83.7 Å². The molecule has 1 amide bonds. The van der Waals surface area contributed by atoms with Crippen LogP contribution in [0.5, 0.6) is 0 Å². The summed E-state index contributed by atoms with van der Waals surface area (Å²) < 4.78 is 0. The van der Waals surface area contributed by atoms with Crippen molar-refractivity contribution in [2.45, 2.75) is 51.6 Å². The van der Waals surface area contributed by atoms with Gasteiger partial charge in [0, 0.05) is 45.3 Å². The molecule has 0 spiro atoms. The Hall–Kier alpha value is -0.650. The standard InChI is InChI=1S/C16H31N3O2/c1-3-15(13-20)18-11-9-17(10-12-18)14(2)16(21)19-7-5-4-6-8-19/h14-15,20H,3-13H2,1-2H3. The summed E-state index contributed by atoms with van der Waals surface area (Å²) in [4.78, 5) is 19.3. The Morgan fingerprint density at radius 2 is 1.57 bits per heavy atom. The molecule has 0 bridgehead atoms. The molecule has 0 saturated carbocycles. The number of hydrogen-bond acceptors (Lipinski definition) is 4. The normalized spacial score (nSPS) is 24.8. The lowest BCUT2D eigenvalue weighted by atomic mass is 10.1. The number of aliphatic hydroxyl groups excluding tert-OH is 1. The van der Waals surface area contributed by atoms with Crippen LogP contribution < -0.4 is 0 Å². The SMILES string of the molecule is CCC(CO)N1CCN(C(C)C(=O)N2CCCCC2)CC1. The molecule has 122 valence electrons. The smallest absolute Gasteiger partial charge is 0.239 e. The number of likely N-dealkylation sites (tertiary alicyclic amines) is 1. The van der Waals surface area contributed by atoms with Crippen molar-refractivity contribution in [3.63, 3.8) is 0 Å². The number of piperazine rings is 1. The van der Waals surface area contributed by atoms with Gasteiger partial charge in [-0.2, -0.15) is 0 Å². The molecular formula is C16H31N3O2. The third-order valence-electron chi connectivity index (χ3n) is 5.12. The van der Waals surface area contributed by atoms with E-state index in [1.54, 1.807) is 0 Å². The minimum atomic E-state index is -0.000506. The van der Waals surface area contributed by atoms with Crippen molar-refractivity contribution >= 4 is 5.91 Å². The van der Waals surface area contributed by atoms with Gasteiger partial charge in [-0.05, 0) is 32.6 Å². The molecule has 0 radical (unpaired) electrons. The van der Waals surface area contributed by atoms with Gasteiger partial charge in [0.2, 0.25) is 5.91 Å². The van der Waals surface area contributed by atoms with Crippen molar-refractivity contribution in [3.05, 3.63) is 0 Å².